The topological polar surface area (TPSA) is 6.48 Å². The molecule has 0 spiro atoms. The molecule has 0 bridgehead atoms. The minimum absolute atomic E-state index is 0.828. The van der Waals surface area contributed by atoms with Crippen molar-refractivity contribution in [2.24, 2.45) is 11.8 Å². The van der Waals surface area contributed by atoms with Gasteiger partial charge in [0.25, 0.3) is 0 Å². The molecule has 0 aromatic heterocycles. The minimum atomic E-state index is 0.828. The van der Waals surface area contributed by atoms with Crippen LogP contribution in [-0.4, -0.2) is 48.6 Å². The molecule has 1 aliphatic rings. The van der Waals surface area contributed by atoms with E-state index in [1.54, 1.807) is 0 Å². The van der Waals surface area contributed by atoms with Crippen LogP contribution in [0.4, 0.5) is 0 Å². The molecule has 120 valence electrons. The van der Waals surface area contributed by atoms with Crippen LogP contribution in [0, 0.1) is 11.8 Å². The van der Waals surface area contributed by atoms with Gasteiger partial charge in [-0.3, -0.25) is 0 Å². The fourth-order valence-corrected chi connectivity index (χ4v) is 3.04. The highest BCUT2D eigenvalue weighted by Gasteiger charge is 2.19. The normalized spacial score (nSPS) is 20.7. The molecule has 0 N–H and O–H groups in total. The molecule has 1 rings (SSSR count). The van der Waals surface area contributed by atoms with Gasteiger partial charge >= 0.3 is 0 Å². The van der Waals surface area contributed by atoms with Crippen molar-refractivity contribution >= 4 is 0 Å². The Balaban J connectivity index is 2.23. The van der Waals surface area contributed by atoms with E-state index in [-0.39, 0.29) is 0 Å². The lowest BCUT2D eigenvalue weighted by Gasteiger charge is -2.26. The Hall–Kier alpha value is -0.0800. The summed E-state index contributed by atoms with van der Waals surface area (Å²) in [4.78, 5) is 5.39. The minimum Gasteiger partial charge on any atom is -0.303 e. The fraction of sp³-hybridized carbons (Fsp3) is 1.00. The van der Waals surface area contributed by atoms with Crippen molar-refractivity contribution in [3.63, 3.8) is 0 Å². The standard InChI is InChI=1S/C18H38N2/c1-16(2)9-14-19(15-10-17(3)4)11-7-13-20-12-6-8-18(20)5/h16-18H,6-15H2,1-5H3. The van der Waals surface area contributed by atoms with Gasteiger partial charge in [-0.1, -0.05) is 27.7 Å². The maximum Gasteiger partial charge on any atom is 0.00674 e. The van der Waals surface area contributed by atoms with Gasteiger partial charge in [0, 0.05) is 6.04 Å². The highest BCUT2D eigenvalue weighted by atomic mass is 15.2. The Kier molecular flexibility index (Phi) is 8.79. The van der Waals surface area contributed by atoms with E-state index in [0.29, 0.717) is 0 Å². The van der Waals surface area contributed by atoms with Gasteiger partial charge in [0.2, 0.25) is 0 Å². The predicted octanol–water partition coefficient (Wildman–Crippen LogP) is 4.26. The van der Waals surface area contributed by atoms with Gasteiger partial charge < -0.3 is 9.80 Å². The first-order valence-electron chi connectivity index (χ1n) is 8.95. The van der Waals surface area contributed by atoms with E-state index in [1.165, 1.54) is 64.8 Å². The van der Waals surface area contributed by atoms with E-state index in [4.69, 9.17) is 0 Å². The Morgan fingerprint density at radius 1 is 1.00 bits per heavy atom. The van der Waals surface area contributed by atoms with E-state index in [0.717, 1.165) is 17.9 Å². The molecule has 1 heterocycles. The van der Waals surface area contributed by atoms with Crippen molar-refractivity contribution in [2.75, 3.05) is 32.7 Å². The zero-order chi connectivity index (χ0) is 15.0. The number of hydrogen-bond acceptors (Lipinski definition) is 2. The Morgan fingerprint density at radius 2 is 1.60 bits per heavy atom. The number of hydrogen-bond donors (Lipinski definition) is 0. The lowest BCUT2D eigenvalue weighted by atomic mass is 10.1. The molecular weight excluding hydrogens is 244 g/mol. The van der Waals surface area contributed by atoms with Crippen LogP contribution in [0.25, 0.3) is 0 Å². The molecule has 2 nitrogen and oxygen atoms in total. The van der Waals surface area contributed by atoms with Gasteiger partial charge in [-0.25, -0.2) is 0 Å². The molecule has 1 aliphatic heterocycles. The van der Waals surface area contributed by atoms with Crippen LogP contribution in [0.2, 0.25) is 0 Å². The van der Waals surface area contributed by atoms with Gasteiger partial charge in [0.05, 0.1) is 0 Å². The zero-order valence-corrected chi connectivity index (χ0v) is 14.7. The Labute approximate surface area is 127 Å². The third-order valence-corrected chi connectivity index (χ3v) is 4.66. The largest absolute Gasteiger partial charge is 0.303 e. The van der Waals surface area contributed by atoms with E-state index in [2.05, 4.69) is 44.4 Å². The van der Waals surface area contributed by atoms with Crippen LogP contribution in [0.5, 0.6) is 0 Å². The molecule has 0 saturated carbocycles. The Bertz CT molecular complexity index is 226. The Morgan fingerprint density at radius 3 is 2.05 bits per heavy atom. The zero-order valence-electron chi connectivity index (χ0n) is 14.7. The summed E-state index contributed by atoms with van der Waals surface area (Å²) in [6.07, 6.45) is 6.85. The van der Waals surface area contributed by atoms with Crippen molar-refractivity contribution in [3.8, 4) is 0 Å². The third kappa shape index (κ3) is 7.64. The number of nitrogens with zero attached hydrogens (tertiary/aromatic N) is 2. The second-order valence-corrected chi connectivity index (χ2v) is 7.59. The van der Waals surface area contributed by atoms with Crippen molar-refractivity contribution in [1.82, 2.24) is 9.80 Å². The lowest BCUT2D eigenvalue weighted by molar-refractivity contribution is 0.209. The van der Waals surface area contributed by atoms with E-state index in [9.17, 15) is 0 Å². The summed E-state index contributed by atoms with van der Waals surface area (Å²) < 4.78 is 0. The molecule has 2 heteroatoms. The van der Waals surface area contributed by atoms with Crippen molar-refractivity contribution in [3.05, 3.63) is 0 Å². The molecule has 1 atom stereocenters. The molecule has 1 unspecified atom stereocenters. The average Bonchev–Trinajstić information content (AvgIpc) is 2.77. The van der Waals surface area contributed by atoms with Crippen LogP contribution in [0.1, 0.15) is 66.7 Å². The highest BCUT2D eigenvalue weighted by Crippen LogP contribution is 2.16. The summed E-state index contributed by atoms with van der Waals surface area (Å²) in [5, 5.41) is 0. The summed E-state index contributed by atoms with van der Waals surface area (Å²) >= 11 is 0. The second kappa shape index (κ2) is 9.78. The van der Waals surface area contributed by atoms with Gasteiger partial charge in [-0.2, -0.15) is 0 Å². The predicted molar refractivity (Wildman–Crippen MR) is 90.2 cm³/mol. The van der Waals surface area contributed by atoms with Gasteiger partial charge in [0.15, 0.2) is 0 Å². The van der Waals surface area contributed by atoms with Crippen LogP contribution in [0.3, 0.4) is 0 Å². The van der Waals surface area contributed by atoms with Crippen LogP contribution >= 0.6 is 0 Å². The van der Waals surface area contributed by atoms with Crippen molar-refractivity contribution < 1.29 is 0 Å². The van der Waals surface area contributed by atoms with Crippen molar-refractivity contribution in [1.29, 1.82) is 0 Å². The average molecular weight is 283 g/mol. The molecule has 1 fully saturated rings. The molecule has 20 heavy (non-hydrogen) atoms. The van der Waals surface area contributed by atoms with Crippen molar-refractivity contribution in [2.45, 2.75) is 72.8 Å². The quantitative estimate of drug-likeness (QED) is 0.591. The third-order valence-electron chi connectivity index (χ3n) is 4.66. The van der Waals surface area contributed by atoms with E-state index < -0.39 is 0 Å². The second-order valence-electron chi connectivity index (χ2n) is 7.59. The summed E-state index contributed by atoms with van der Waals surface area (Å²) in [5.41, 5.74) is 0. The maximum atomic E-state index is 2.71. The molecule has 1 saturated heterocycles. The van der Waals surface area contributed by atoms with Crippen LogP contribution < -0.4 is 0 Å². The smallest absolute Gasteiger partial charge is 0.00674 e. The van der Waals surface area contributed by atoms with Gasteiger partial charge in [-0.15, -0.1) is 0 Å². The van der Waals surface area contributed by atoms with Gasteiger partial charge in [-0.05, 0) is 83.6 Å². The highest BCUT2D eigenvalue weighted by molar-refractivity contribution is 4.75. The van der Waals surface area contributed by atoms with Crippen LogP contribution in [-0.2, 0) is 0 Å². The summed E-state index contributed by atoms with van der Waals surface area (Å²) in [7, 11) is 0. The molecule has 0 amide bonds. The summed E-state index contributed by atoms with van der Waals surface area (Å²) in [6.45, 7) is 18.3. The van der Waals surface area contributed by atoms with E-state index >= 15 is 0 Å². The number of rotatable bonds is 10. The monoisotopic (exact) mass is 282 g/mol. The first-order chi connectivity index (χ1) is 9.49. The van der Waals surface area contributed by atoms with Crippen LogP contribution in [0.15, 0.2) is 0 Å². The summed E-state index contributed by atoms with van der Waals surface area (Å²) in [5.74, 6) is 1.66. The summed E-state index contributed by atoms with van der Waals surface area (Å²) in [6, 6.07) is 0.828. The SMILES string of the molecule is CC(C)CCN(CCCN1CCCC1C)CCC(C)C. The number of likely N-dealkylation sites (tertiary alicyclic amines) is 1. The maximum absolute atomic E-state index is 2.71. The lowest BCUT2D eigenvalue weighted by Crippen LogP contribution is -2.33. The molecule has 0 aliphatic carbocycles. The van der Waals surface area contributed by atoms with Gasteiger partial charge in [0.1, 0.15) is 0 Å². The molecule has 0 aromatic rings. The van der Waals surface area contributed by atoms with E-state index in [1.807, 2.05) is 0 Å². The fourth-order valence-electron chi connectivity index (χ4n) is 3.04. The molecular formula is C18H38N2. The first kappa shape index (κ1) is 18.0. The molecule has 0 aromatic carbocycles. The first-order valence-corrected chi connectivity index (χ1v) is 8.95. The molecule has 0 radical (unpaired) electrons.